The average Bonchev–Trinajstić information content (AvgIpc) is 2.47. The summed E-state index contributed by atoms with van der Waals surface area (Å²) in [4.78, 5) is 15.5. The number of rotatable bonds is 4. The number of hydrogen-bond donors (Lipinski definition) is 2. The number of methoxy groups -OCH3 is 1. The van der Waals surface area contributed by atoms with E-state index >= 15 is 0 Å². The second-order valence-electron chi connectivity index (χ2n) is 3.99. The summed E-state index contributed by atoms with van der Waals surface area (Å²) < 4.78 is 18.5. The number of carbonyl (C=O) groups is 1. The second kappa shape index (κ2) is 6.12. The molecule has 0 atom stereocenters. The van der Waals surface area contributed by atoms with Crippen LogP contribution in [0.5, 0.6) is 5.75 Å². The molecule has 1 aromatic heterocycles. The summed E-state index contributed by atoms with van der Waals surface area (Å²) in [6.45, 7) is -0.226. The maximum atomic E-state index is 13.4. The first kappa shape index (κ1) is 14.0. The molecule has 0 aliphatic rings. The largest absolute Gasteiger partial charge is 0.496 e. The summed E-state index contributed by atoms with van der Waals surface area (Å²) >= 11 is 0. The highest BCUT2D eigenvalue weighted by atomic mass is 19.1. The highest BCUT2D eigenvalue weighted by Crippen LogP contribution is 2.23. The van der Waals surface area contributed by atoms with E-state index in [2.05, 4.69) is 10.3 Å². The van der Waals surface area contributed by atoms with Gasteiger partial charge in [0.15, 0.2) is 5.82 Å². The minimum absolute atomic E-state index is 0.0960. The van der Waals surface area contributed by atoms with Gasteiger partial charge in [0.25, 0.3) is 5.91 Å². The quantitative estimate of drug-likeness (QED) is 0.895. The average molecular weight is 276 g/mol. The van der Waals surface area contributed by atoms with Crippen LogP contribution in [0.4, 0.5) is 10.1 Å². The van der Waals surface area contributed by atoms with Crippen molar-refractivity contribution in [1.82, 2.24) is 4.98 Å². The molecule has 2 N–H and O–H groups in total. The Hall–Kier alpha value is -2.47. The third-order valence-corrected chi connectivity index (χ3v) is 2.73. The van der Waals surface area contributed by atoms with Crippen LogP contribution in [0.1, 0.15) is 15.9 Å². The number of halogens is 1. The Balaban J connectivity index is 2.22. The van der Waals surface area contributed by atoms with Crippen molar-refractivity contribution in [3.05, 3.63) is 53.6 Å². The minimum atomic E-state index is -0.694. The van der Waals surface area contributed by atoms with Gasteiger partial charge in [-0.05, 0) is 24.3 Å². The summed E-state index contributed by atoms with van der Waals surface area (Å²) in [7, 11) is 1.49. The standard InChI is InChI=1S/C14H13FN2O3/c1-20-13-3-2-10(6-9(13)8-18)17-14(19)11-4-5-16-7-12(11)15/h2-7,18H,8H2,1H3,(H,17,19). The number of pyridine rings is 1. The molecule has 0 unspecified atom stereocenters. The van der Waals surface area contributed by atoms with E-state index in [4.69, 9.17) is 4.74 Å². The Kier molecular flexibility index (Phi) is 4.27. The van der Waals surface area contributed by atoms with E-state index in [-0.39, 0.29) is 12.2 Å². The number of ether oxygens (including phenoxy) is 1. The molecule has 0 radical (unpaired) electrons. The van der Waals surface area contributed by atoms with E-state index in [0.29, 0.717) is 17.0 Å². The van der Waals surface area contributed by atoms with Crippen LogP contribution in [0, 0.1) is 5.82 Å². The molecule has 1 heterocycles. The summed E-state index contributed by atoms with van der Waals surface area (Å²) in [6, 6.07) is 6.08. The SMILES string of the molecule is COc1ccc(NC(=O)c2ccncc2F)cc1CO. The predicted molar refractivity (Wildman–Crippen MR) is 71.1 cm³/mol. The third-order valence-electron chi connectivity index (χ3n) is 2.73. The zero-order valence-corrected chi connectivity index (χ0v) is 10.8. The summed E-state index contributed by atoms with van der Waals surface area (Å²) in [6.07, 6.45) is 2.31. The van der Waals surface area contributed by atoms with Gasteiger partial charge in [-0.3, -0.25) is 9.78 Å². The van der Waals surface area contributed by atoms with Gasteiger partial charge in [-0.25, -0.2) is 4.39 Å². The van der Waals surface area contributed by atoms with Crippen LogP contribution in [-0.2, 0) is 6.61 Å². The van der Waals surface area contributed by atoms with Crippen LogP contribution in [0.25, 0.3) is 0 Å². The van der Waals surface area contributed by atoms with E-state index in [1.165, 1.54) is 19.4 Å². The Morgan fingerprint density at radius 3 is 2.90 bits per heavy atom. The number of benzene rings is 1. The lowest BCUT2D eigenvalue weighted by atomic mass is 10.1. The Morgan fingerprint density at radius 1 is 1.45 bits per heavy atom. The number of hydrogen-bond acceptors (Lipinski definition) is 4. The van der Waals surface area contributed by atoms with E-state index in [0.717, 1.165) is 6.20 Å². The fraction of sp³-hybridized carbons (Fsp3) is 0.143. The van der Waals surface area contributed by atoms with Gasteiger partial charge in [-0.15, -0.1) is 0 Å². The van der Waals surface area contributed by atoms with Gasteiger partial charge in [0, 0.05) is 17.4 Å². The van der Waals surface area contributed by atoms with Crippen LogP contribution in [0.2, 0.25) is 0 Å². The van der Waals surface area contributed by atoms with Crippen molar-refractivity contribution >= 4 is 11.6 Å². The first-order chi connectivity index (χ1) is 9.65. The van der Waals surface area contributed by atoms with Crippen LogP contribution in [0.15, 0.2) is 36.7 Å². The van der Waals surface area contributed by atoms with Gasteiger partial charge in [-0.1, -0.05) is 0 Å². The zero-order valence-electron chi connectivity index (χ0n) is 10.8. The highest BCUT2D eigenvalue weighted by Gasteiger charge is 2.12. The fourth-order valence-corrected chi connectivity index (χ4v) is 1.74. The number of amides is 1. The molecule has 20 heavy (non-hydrogen) atoms. The molecular weight excluding hydrogens is 263 g/mol. The summed E-state index contributed by atoms with van der Waals surface area (Å²) in [5, 5.41) is 11.8. The number of aromatic nitrogens is 1. The normalized spacial score (nSPS) is 10.2. The lowest BCUT2D eigenvalue weighted by molar-refractivity contribution is 0.102. The van der Waals surface area contributed by atoms with Crippen molar-refractivity contribution in [1.29, 1.82) is 0 Å². The number of nitrogens with one attached hydrogen (secondary N) is 1. The maximum Gasteiger partial charge on any atom is 0.258 e. The minimum Gasteiger partial charge on any atom is -0.496 e. The third kappa shape index (κ3) is 2.92. The van der Waals surface area contributed by atoms with E-state index in [9.17, 15) is 14.3 Å². The van der Waals surface area contributed by atoms with Gasteiger partial charge >= 0.3 is 0 Å². The molecule has 2 aromatic rings. The fourth-order valence-electron chi connectivity index (χ4n) is 1.74. The van der Waals surface area contributed by atoms with Gasteiger partial charge in [0.2, 0.25) is 0 Å². The van der Waals surface area contributed by atoms with Crippen LogP contribution in [-0.4, -0.2) is 23.1 Å². The molecule has 1 aromatic carbocycles. The van der Waals surface area contributed by atoms with Crippen LogP contribution >= 0.6 is 0 Å². The highest BCUT2D eigenvalue weighted by molar-refractivity contribution is 6.04. The second-order valence-corrected chi connectivity index (χ2v) is 3.99. The van der Waals surface area contributed by atoms with Crippen molar-refractivity contribution in [3.63, 3.8) is 0 Å². The van der Waals surface area contributed by atoms with E-state index in [1.807, 2.05) is 0 Å². The molecule has 5 nitrogen and oxygen atoms in total. The number of carbonyl (C=O) groups excluding carboxylic acids is 1. The molecule has 0 spiro atoms. The Bertz CT molecular complexity index is 632. The summed E-state index contributed by atoms with van der Waals surface area (Å²) in [5.74, 6) is -0.763. The topological polar surface area (TPSA) is 71.5 Å². The molecular formula is C14H13FN2O3. The number of anilines is 1. The lowest BCUT2D eigenvalue weighted by Crippen LogP contribution is -2.14. The Labute approximate surface area is 115 Å². The summed E-state index contributed by atoms with van der Waals surface area (Å²) in [5.41, 5.74) is 0.873. The van der Waals surface area contributed by atoms with Crippen molar-refractivity contribution in [2.24, 2.45) is 0 Å². The lowest BCUT2D eigenvalue weighted by Gasteiger charge is -2.10. The maximum absolute atomic E-state index is 13.4. The first-order valence-electron chi connectivity index (χ1n) is 5.84. The molecule has 0 saturated heterocycles. The number of aliphatic hydroxyl groups is 1. The van der Waals surface area contributed by atoms with Gasteiger partial charge in [-0.2, -0.15) is 0 Å². The molecule has 0 aliphatic carbocycles. The van der Waals surface area contributed by atoms with E-state index < -0.39 is 11.7 Å². The molecule has 104 valence electrons. The molecule has 0 bridgehead atoms. The first-order valence-corrected chi connectivity index (χ1v) is 5.84. The predicted octanol–water partition coefficient (Wildman–Crippen LogP) is 1.97. The molecule has 0 saturated carbocycles. The molecule has 2 rings (SSSR count). The molecule has 6 heteroatoms. The van der Waals surface area contributed by atoms with E-state index in [1.54, 1.807) is 18.2 Å². The van der Waals surface area contributed by atoms with Crippen molar-refractivity contribution < 1.29 is 19.0 Å². The number of nitrogens with zero attached hydrogens (tertiary/aromatic N) is 1. The van der Waals surface area contributed by atoms with Gasteiger partial charge in [0.1, 0.15) is 5.75 Å². The van der Waals surface area contributed by atoms with Gasteiger partial charge < -0.3 is 15.2 Å². The van der Waals surface area contributed by atoms with Crippen molar-refractivity contribution in [2.75, 3.05) is 12.4 Å². The molecule has 0 fully saturated rings. The zero-order chi connectivity index (χ0) is 14.5. The molecule has 0 aliphatic heterocycles. The van der Waals surface area contributed by atoms with Crippen LogP contribution in [0.3, 0.4) is 0 Å². The monoisotopic (exact) mass is 276 g/mol. The van der Waals surface area contributed by atoms with Crippen molar-refractivity contribution in [2.45, 2.75) is 6.61 Å². The smallest absolute Gasteiger partial charge is 0.258 e. The van der Waals surface area contributed by atoms with Crippen LogP contribution < -0.4 is 10.1 Å². The van der Waals surface area contributed by atoms with Crippen molar-refractivity contribution in [3.8, 4) is 5.75 Å². The van der Waals surface area contributed by atoms with Gasteiger partial charge in [0.05, 0.1) is 25.5 Å². The Morgan fingerprint density at radius 2 is 2.25 bits per heavy atom. The number of aliphatic hydroxyl groups excluding tert-OH is 1. The molecule has 1 amide bonds.